The molecule has 1 N–H and O–H groups in total. The molecule has 2 heterocycles. The van der Waals surface area contributed by atoms with Gasteiger partial charge < -0.3 is 5.32 Å². The summed E-state index contributed by atoms with van der Waals surface area (Å²) < 4.78 is 25.4. The summed E-state index contributed by atoms with van der Waals surface area (Å²) in [4.78, 5) is 24.2. The van der Waals surface area contributed by atoms with Gasteiger partial charge in [-0.15, -0.1) is 0 Å². The van der Waals surface area contributed by atoms with Crippen molar-refractivity contribution in [2.24, 2.45) is 0 Å². The van der Waals surface area contributed by atoms with Crippen molar-refractivity contribution in [3.05, 3.63) is 47.3 Å². The summed E-state index contributed by atoms with van der Waals surface area (Å²) in [6.07, 6.45) is 2.60. The van der Waals surface area contributed by atoms with Crippen LogP contribution >= 0.6 is 0 Å². The predicted molar refractivity (Wildman–Crippen MR) is 101 cm³/mol. The van der Waals surface area contributed by atoms with Crippen LogP contribution in [0.4, 0.5) is 5.69 Å². The van der Waals surface area contributed by atoms with Crippen molar-refractivity contribution < 1.29 is 18.0 Å². The molecule has 2 aliphatic rings. The second-order valence-corrected chi connectivity index (χ2v) is 9.55. The highest BCUT2D eigenvalue weighted by Crippen LogP contribution is 2.42. The summed E-state index contributed by atoms with van der Waals surface area (Å²) in [5.74, 6) is 0.159. The van der Waals surface area contributed by atoms with Gasteiger partial charge in [0, 0.05) is 22.9 Å². The molecule has 0 bridgehead atoms. The maximum Gasteiger partial charge on any atom is 0.276 e. The largest absolute Gasteiger partial charge is 0.321 e. The average Bonchev–Trinajstić information content (AvgIpc) is 3.26. The lowest BCUT2D eigenvalue weighted by Crippen LogP contribution is -2.17. The molecule has 1 amide bonds. The Labute approximate surface area is 157 Å². The van der Waals surface area contributed by atoms with Crippen molar-refractivity contribution >= 4 is 27.2 Å². The van der Waals surface area contributed by atoms with Crippen LogP contribution in [0.5, 0.6) is 0 Å². The number of hydrogen-bond donors (Lipinski definition) is 1. The summed E-state index contributed by atoms with van der Waals surface area (Å²) in [5.41, 5.74) is 2.26. The zero-order valence-electron chi connectivity index (χ0n) is 15.0. The molecule has 2 aromatic rings. The van der Waals surface area contributed by atoms with Gasteiger partial charge in [0.15, 0.2) is 21.3 Å². The molecule has 1 saturated carbocycles. The van der Waals surface area contributed by atoms with Gasteiger partial charge in [0.2, 0.25) is 0 Å². The van der Waals surface area contributed by atoms with Crippen LogP contribution in [-0.2, 0) is 9.84 Å². The second-order valence-electron chi connectivity index (χ2n) is 7.32. The molecule has 1 aromatic carbocycles. The SMILES string of the molecule is CC(=O)c1cccc(NC(=O)c2cc(C3CC3)n(C3CCS(=O)(=O)C3)n2)c1. The Morgan fingerprint density at radius 2 is 1.96 bits per heavy atom. The third kappa shape index (κ3) is 3.80. The first-order chi connectivity index (χ1) is 12.8. The number of carbonyl (C=O) groups is 2. The molecule has 8 heteroatoms. The molecule has 7 nitrogen and oxygen atoms in total. The second kappa shape index (κ2) is 6.60. The standard InChI is InChI=1S/C19H21N3O4S/c1-12(23)14-3-2-4-15(9-14)20-19(24)17-10-18(13-5-6-13)22(21-17)16-7-8-27(25,26)11-16/h2-4,9-10,13,16H,5-8,11H2,1H3,(H,20,24). The molecular formula is C19H21N3O4S. The van der Waals surface area contributed by atoms with E-state index in [9.17, 15) is 18.0 Å². The minimum atomic E-state index is -3.03. The van der Waals surface area contributed by atoms with Gasteiger partial charge in [-0.1, -0.05) is 12.1 Å². The molecule has 1 saturated heterocycles. The monoisotopic (exact) mass is 387 g/mol. The molecule has 0 radical (unpaired) electrons. The number of rotatable bonds is 5. The summed E-state index contributed by atoms with van der Waals surface area (Å²) in [5, 5.41) is 7.22. The minimum Gasteiger partial charge on any atom is -0.321 e. The Morgan fingerprint density at radius 1 is 1.19 bits per heavy atom. The van der Waals surface area contributed by atoms with E-state index < -0.39 is 9.84 Å². The lowest BCUT2D eigenvalue weighted by atomic mass is 10.1. The van der Waals surface area contributed by atoms with Gasteiger partial charge in [0.05, 0.1) is 17.5 Å². The summed E-state index contributed by atoms with van der Waals surface area (Å²) in [7, 11) is -3.03. The number of nitrogens with zero attached hydrogens (tertiary/aromatic N) is 2. The third-order valence-corrected chi connectivity index (χ3v) is 6.82. The summed E-state index contributed by atoms with van der Waals surface area (Å²) in [6.45, 7) is 1.47. The van der Waals surface area contributed by atoms with Gasteiger partial charge >= 0.3 is 0 Å². The molecule has 1 atom stereocenters. The lowest BCUT2D eigenvalue weighted by Gasteiger charge is -2.12. The van der Waals surface area contributed by atoms with E-state index in [2.05, 4.69) is 10.4 Å². The van der Waals surface area contributed by atoms with Crippen LogP contribution in [0.1, 0.15) is 64.7 Å². The molecule has 4 rings (SSSR count). The Bertz CT molecular complexity index is 1020. The highest BCUT2D eigenvalue weighted by molar-refractivity contribution is 7.91. The fourth-order valence-corrected chi connectivity index (χ4v) is 5.17. The van der Waals surface area contributed by atoms with E-state index >= 15 is 0 Å². The van der Waals surface area contributed by atoms with E-state index in [0.29, 0.717) is 23.6 Å². The van der Waals surface area contributed by atoms with E-state index in [1.165, 1.54) is 6.92 Å². The minimum absolute atomic E-state index is 0.0751. The molecule has 142 valence electrons. The topological polar surface area (TPSA) is 98.1 Å². The first-order valence-electron chi connectivity index (χ1n) is 9.04. The number of ketones is 1. The van der Waals surface area contributed by atoms with E-state index in [1.807, 2.05) is 0 Å². The molecule has 1 aromatic heterocycles. The Kier molecular flexibility index (Phi) is 4.38. The van der Waals surface area contributed by atoms with Crippen LogP contribution in [0.25, 0.3) is 0 Å². The first-order valence-corrected chi connectivity index (χ1v) is 10.9. The predicted octanol–water partition coefficient (Wildman–Crippen LogP) is 2.58. The van der Waals surface area contributed by atoms with Gasteiger partial charge in [-0.05, 0) is 44.4 Å². The highest BCUT2D eigenvalue weighted by atomic mass is 32.2. The quantitative estimate of drug-likeness (QED) is 0.795. The third-order valence-electron chi connectivity index (χ3n) is 5.07. The van der Waals surface area contributed by atoms with Crippen LogP contribution < -0.4 is 5.32 Å². The number of benzene rings is 1. The van der Waals surface area contributed by atoms with Crippen molar-refractivity contribution in [2.45, 2.75) is 38.1 Å². The molecule has 1 unspecified atom stereocenters. The Hall–Kier alpha value is -2.48. The fourth-order valence-electron chi connectivity index (χ4n) is 3.48. The number of amides is 1. The van der Waals surface area contributed by atoms with Crippen LogP contribution in [0.3, 0.4) is 0 Å². The molecule has 1 aliphatic heterocycles. The number of hydrogen-bond acceptors (Lipinski definition) is 5. The van der Waals surface area contributed by atoms with Crippen molar-refractivity contribution in [1.29, 1.82) is 0 Å². The van der Waals surface area contributed by atoms with Crippen LogP contribution in [0.2, 0.25) is 0 Å². The molecule has 0 spiro atoms. The van der Waals surface area contributed by atoms with Crippen LogP contribution in [-0.4, -0.2) is 41.4 Å². The van der Waals surface area contributed by atoms with E-state index in [-0.39, 0.29) is 34.9 Å². The van der Waals surface area contributed by atoms with Gasteiger partial charge in [0.25, 0.3) is 5.91 Å². The Morgan fingerprint density at radius 3 is 2.59 bits per heavy atom. The first kappa shape index (κ1) is 17.9. The van der Waals surface area contributed by atoms with Crippen LogP contribution in [0, 0.1) is 0 Å². The lowest BCUT2D eigenvalue weighted by molar-refractivity contribution is 0.100. The number of nitrogens with one attached hydrogen (secondary N) is 1. The summed E-state index contributed by atoms with van der Waals surface area (Å²) >= 11 is 0. The van der Waals surface area contributed by atoms with E-state index in [4.69, 9.17) is 0 Å². The molecule has 1 aliphatic carbocycles. The smallest absolute Gasteiger partial charge is 0.276 e. The molecule has 27 heavy (non-hydrogen) atoms. The van der Waals surface area contributed by atoms with Gasteiger partial charge in [0.1, 0.15) is 0 Å². The number of carbonyl (C=O) groups excluding carboxylic acids is 2. The maximum absolute atomic E-state index is 12.7. The number of sulfone groups is 1. The average molecular weight is 387 g/mol. The number of anilines is 1. The molecule has 2 fully saturated rings. The van der Waals surface area contributed by atoms with Gasteiger partial charge in [-0.2, -0.15) is 5.10 Å². The number of Topliss-reactive ketones (excluding diaryl/α,β-unsaturated/α-hetero) is 1. The van der Waals surface area contributed by atoms with Crippen molar-refractivity contribution in [1.82, 2.24) is 9.78 Å². The number of aromatic nitrogens is 2. The molecular weight excluding hydrogens is 366 g/mol. The zero-order valence-corrected chi connectivity index (χ0v) is 15.8. The highest BCUT2D eigenvalue weighted by Gasteiger charge is 2.36. The van der Waals surface area contributed by atoms with Gasteiger partial charge in [-0.25, -0.2) is 8.42 Å². The van der Waals surface area contributed by atoms with E-state index in [0.717, 1.165) is 18.5 Å². The van der Waals surface area contributed by atoms with E-state index in [1.54, 1.807) is 35.0 Å². The fraction of sp³-hybridized carbons (Fsp3) is 0.421. The van der Waals surface area contributed by atoms with Crippen molar-refractivity contribution in [3.63, 3.8) is 0 Å². The zero-order chi connectivity index (χ0) is 19.2. The van der Waals surface area contributed by atoms with Crippen molar-refractivity contribution in [3.8, 4) is 0 Å². The normalized spacial score (nSPS) is 21.1. The maximum atomic E-state index is 12.7. The van der Waals surface area contributed by atoms with Crippen molar-refractivity contribution in [2.75, 3.05) is 16.8 Å². The van der Waals surface area contributed by atoms with Gasteiger partial charge in [-0.3, -0.25) is 14.3 Å². The Balaban J connectivity index is 1.58. The van der Waals surface area contributed by atoms with Crippen LogP contribution in [0.15, 0.2) is 30.3 Å². The summed E-state index contributed by atoms with van der Waals surface area (Å²) in [6, 6.07) is 8.32.